The van der Waals surface area contributed by atoms with E-state index in [2.05, 4.69) is 24.7 Å². The van der Waals surface area contributed by atoms with Crippen molar-refractivity contribution in [1.29, 1.82) is 0 Å². The lowest BCUT2D eigenvalue weighted by Gasteiger charge is -2.16. The van der Waals surface area contributed by atoms with Gasteiger partial charge in [0, 0.05) is 11.3 Å². The summed E-state index contributed by atoms with van der Waals surface area (Å²) in [4.78, 5) is 11.8. The molecule has 4 nitrogen and oxygen atoms in total. The number of nitrogens with one attached hydrogen (secondary N) is 2. The maximum Gasteiger partial charge on any atom is 0.249 e. The largest absolute Gasteiger partial charge is 0.493 e. The van der Waals surface area contributed by atoms with Crippen molar-refractivity contribution < 1.29 is 9.53 Å². The number of hydrogen-bond donors (Lipinski definition) is 2. The quantitative estimate of drug-likeness (QED) is 0.887. The molecule has 1 fully saturated rings. The third-order valence-corrected chi connectivity index (χ3v) is 3.34. The predicted octanol–water partition coefficient (Wildman–Crippen LogP) is 2.72. The van der Waals surface area contributed by atoms with E-state index in [-0.39, 0.29) is 5.91 Å². The van der Waals surface area contributed by atoms with Crippen LogP contribution in [0.3, 0.4) is 0 Å². The van der Waals surface area contributed by atoms with Crippen molar-refractivity contribution in [3.8, 4) is 5.75 Å². The standard InChI is InChI=1S/C16H22N2O2/c1-11(2)10-20-13-8-6-5-7-12(13)9-14-16(3,4)15(19)18-17-14/h5-9,11,17H,10H2,1-4H3,(H,18,19)/b14-9-. The van der Waals surface area contributed by atoms with Crippen LogP contribution in [0.1, 0.15) is 33.3 Å². The van der Waals surface area contributed by atoms with Crippen LogP contribution >= 0.6 is 0 Å². The number of carbonyl (C=O) groups is 1. The fourth-order valence-corrected chi connectivity index (χ4v) is 1.92. The van der Waals surface area contributed by atoms with Gasteiger partial charge >= 0.3 is 0 Å². The van der Waals surface area contributed by atoms with Gasteiger partial charge in [-0.05, 0) is 31.9 Å². The van der Waals surface area contributed by atoms with E-state index < -0.39 is 5.41 Å². The smallest absolute Gasteiger partial charge is 0.249 e. The molecule has 108 valence electrons. The second-order valence-electron chi connectivity index (χ2n) is 6.00. The summed E-state index contributed by atoms with van der Waals surface area (Å²) < 4.78 is 5.83. The maximum absolute atomic E-state index is 11.8. The molecule has 1 amide bonds. The van der Waals surface area contributed by atoms with E-state index in [0.717, 1.165) is 17.0 Å². The third kappa shape index (κ3) is 2.95. The Kier molecular flexibility index (Phi) is 4.02. The van der Waals surface area contributed by atoms with Crippen LogP contribution in [-0.2, 0) is 4.79 Å². The van der Waals surface area contributed by atoms with Gasteiger partial charge in [-0.2, -0.15) is 0 Å². The first-order valence-electron chi connectivity index (χ1n) is 6.91. The Labute approximate surface area is 120 Å². The number of benzene rings is 1. The van der Waals surface area contributed by atoms with Crippen molar-refractivity contribution in [3.05, 3.63) is 35.5 Å². The van der Waals surface area contributed by atoms with E-state index in [1.165, 1.54) is 0 Å². The van der Waals surface area contributed by atoms with Crippen LogP contribution in [0.2, 0.25) is 0 Å². The zero-order valence-corrected chi connectivity index (χ0v) is 12.5. The molecule has 0 bridgehead atoms. The van der Waals surface area contributed by atoms with Gasteiger partial charge in [0.05, 0.1) is 12.0 Å². The third-order valence-electron chi connectivity index (χ3n) is 3.34. The van der Waals surface area contributed by atoms with Crippen LogP contribution in [0.15, 0.2) is 30.0 Å². The summed E-state index contributed by atoms with van der Waals surface area (Å²) in [6.45, 7) is 8.70. The van der Waals surface area contributed by atoms with Crippen molar-refractivity contribution >= 4 is 12.0 Å². The summed E-state index contributed by atoms with van der Waals surface area (Å²) >= 11 is 0. The minimum absolute atomic E-state index is 0.0238. The van der Waals surface area contributed by atoms with Gasteiger partial charge in [-0.1, -0.05) is 32.0 Å². The molecule has 0 atom stereocenters. The van der Waals surface area contributed by atoms with Gasteiger partial charge < -0.3 is 10.2 Å². The molecule has 0 unspecified atom stereocenters. The molecular formula is C16H22N2O2. The van der Waals surface area contributed by atoms with Gasteiger partial charge in [0.25, 0.3) is 0 Å². The Morgan fingerprint density at radius 2 is 1.95 bits per heavy atom. The first-order valence-corrected chi connectivity index (χ1v) is 6.91. The van der Waals surface area contributed by atoms with Gasteiger partial charge in [-0.3, -0.25) is 10.2 Å². The van der Waals surface area contributed by atoms with E-state index in [1.54, 1.807) is 0 Å². The Morgan fingerprint density at radius 3 is 2.55 bits per heavy atom. The number of hydrogen-bond acceptors (Lipinski definition) is 3. The molecule has 1 saturated heterocycles. The SMILES string of the molecule is CC(C)COc1ccccc1/C=C1\NNC(=O)C1(C)C. The monoisotopic (exact) mass is 274 g/mol. The van der Waals surface area contributed by atoms with Crippen LogP contribution in [0, 0.1) is 11.3 Å². The molecular weight excluding hydrogens is 252 g/mol. The van der Waals surface area contributed by atoms with Crippen molar-refractivity contribution in [3.63, 3.8) is 0 Å². The van der Waals surface area contributed by atoms with E-state index in [1.807, 2.05) is 44.2 Å². The lowest BCUT2D eigenvalue weighted by molar-refractivity contribution is -0.125. The minimum atomic E-state index is -0.550. The van der Waals surface area contributed by atoms with Crippen LogP contribution in [0.5, 0.6) is 5.75 Å². The molecule has 1 aliphatic rings. The van der Waals surface area contributed by atoms with Crippen LogP contribution in [-0.4, -0.2) is 12.5 Å². The Bertz CT molecular complexity index is 533. The van der Waals surface area contributed by atoms with Gasteiger partial charge in [0.15, 0.2) is 0 Å². The molecule has 0 saturated carbocycles. The lowest BCUT2D eigenvalue weighted by Crippen LogP contribution is -2.28. The normalized spacial score (nSPS) is 19.1. The summed E-state index contributed by atoms with van der Waals surface area (Å²) in [6, 6.07) is 7.86. The van der Waals surface area contributed by atoms with E-state index in [9.17, 15) is 4.79 Å². The highest BCUT2D eigenvalue weighted by molar-refractivity contribution is 5.89. The maximum atomic E-state index is 11.8. The molecule has 1 heterocycles. The first-order chi connectivity index (χ1) is 9.41. The van der Waals surface area contributed by atoms with Crippen molar-refractivity contribution in [2.24, 2.45) is 11.3 Å². The van der Waals surface area contributed by atoms with Gasteiger partial charge in [-0.25, -0.2) is 0 Å². The van der Waals surface area contributed by atoms with E-state index in [4.69, 9.17) is 4.74 Å². The summed E-state index contributed by atoms with van der Waals surface area (Å²) in [6.07, 6.45) is 1.97. The average molecular weight is 274 g/mol. The predicted molar refractivity (Wildman–Crippen MR) is 79.8 cm³/mol. The number of rotatable bonds is 4. The molecule has 4 heteroatoms. The van der Waals surface area contributed by atoms with E-state index in [0.29, 0.717) is 12.5 Å². The Balaban J connectivity index is 2.27. The molecule has 1 aromatic rings. The molecule has 1 aromatic carbocycles. The van der Waals surface area contributed by atoms with Gasteiger partial charge in [0.1, 0.15) is 5.75 Å². The summed E-state index contributed by atoms with van der Waals surface area (Å²) in [5, 5.41) is 0. The highest BCUT2D eigenvalue weighted by atomic mass is 16.5. The first kappa shape index (κ1) is 14.4. The summed E-state index contributed by atoms with van der Waals surface area (Å²) in [7, 11) is 0. The lowest BCUT2D eigenvalue weighted by atomic mass is 9.89. The highest BCUT2D eigenvalue weighted by Gasteiger charge is 2.37. The summed E-state index contributed by atoms with van der Waals surface area (Å²) in [5.41, 5.74) is 6.87. The number of para-hydroxylation sites is 1. The van der Waals surface area contributed by atoms with Crippen LogP contribution in [0.25, 0.3) is 6.08 Å². The molecule has 0 radical (unpaired) electrons. The van der Waals surface area contributed by atoms with Crippen LogP contribution < -0.4 is 15.6 Å². The van der Waals surface area contributed by atoms with Gasteiger partial charge in [-0.15, -0.1) is 0 Å². The number of amides is 1. The minimum Gasteiger partial charge on any atom is -0.493 e. The Morgan fingerprint density at radius 1 is 1.25 bits per heavy atom. The molecule has 0 aliphatic carbocycles. The topological polar surface area (TPSA) is 50.4 Å². The molecule has 0 aromatic heterocycles. The average Bonchev–Trinajstić information content (AvgIpc) is 2.64. The highest BCUT2D eigenvalue weighted by Crippen LogP contribution is 2.31. The van der Waals surface area contributed by atoms with Crippen molar-refractivity contribution in [2.45, 2.75) is 27.7 Å². The number of carbonyl (C=O) groups excluding carboxylic acids is 1. The van der Waals surface area contributed by atoms with Crippen LogP contribution in [0.4, 0.5) is 0 Å². The zero-order valence-electron chi connectivity index (χ0n) is 12.5. The molecule has 1 aliphatic heterocycles. The zero-order chi connectivity index (χ0) is 14.8. The van der Waals surface area contributed by atoms with Gasteiger partial charge in [0.2, 0.25) is 5.91 Å². The van der Waals surface area contributed by atoms with Crippen molar-refractivity contribution in [1.82, 2.24) is 10.9 Å². The second kappa shape index (κ2) is 5.57. The molecule has 2 rings (SSSR count). The number of hydrazine groups is 1. The van der Waals surface area contributed by atoms with E-state index >= 15 is 0 Å². The molecule has 20 heavy (non-hydrogen) atoms. The Hall–Kier alpha value is -1.97. The molecule has 2 N–H and O–H groups in total. The van der Waals surface area contributed by atoms with Crippen molar-refractivity contribution in [2.75, 3.05) is 6.61 Å². The number of ether oxygens (including phenoxy) is 1. The molecule has 0 spiro atoms. The fraction of sp³-hybridized carbons (Fsp3) is 0.438. The fourth-order valence-electron chi connectivity index (χ4n) is 1.92. The summed E-state index contributed by atoms with van der Waals surface area (Å²) in [5.74, 6) is 1.29. The second-order valence-corrected chi connectivity index (χ2v) is 6.00.